The van der Waals surface area contributed by atoms with E-state index in [2.05, 4.69) is 20.8 Å². The Bertz CT molecular complexity index is 180. The first-order valence-electron chi connectivity index (χ1n) is 7.89. The molecule has 0 aliphatic rings. The third kappa shape index (κ3) is 88.5. The van der Waals surface area contributed by atoms with Crippen molar-refractivity contribution in [2.45, 2.75) is 72.6 Å². The molecule has 23 heavy (non-hydrogen) atoms. The van der Waals surface area contributed by atoms with E-state index in [1.807, 2.05) is 0 Å². The number of hydrogen-bond donors (Lipinski definition) is 3. The van der Waals surface area contributed by atoms with Crippen molar-refractivity contribution < 1.29 is 56.2 Å². The molecule has 6 nitrogen and oxygen atoms in total. The molecule has 0 aliphatic carbocycles. The second kappa shape index (κ2) is 37.8. The summed E-state index contributed by atoms with van der Waals surface area (Å²) in [7, 11) is 0. The minimum absolute atomic E-state index is 0. The summed E-state index contributed by atoms with van der Waals surface area (Å²) in [6.07, 6.45) is 5.64. The van der Waals surface area contributed by atoms with Gasteiger partial charge in [-0.25, -0.2) is 0 Å². The molecule has 0 aromatic carbocycles. The Labute approximate surface area is 160 Å². The second-order valence-corrected chi connectivity index (χ2v) is 4.48. The van der Waals surface area contributed by atoms with Crippen molar-refractivity contribution in [3.8, 4) is 0 Å². The molecule has 0 aromatic rings. The third-order valence-corrected chi connectivity index (χ3v) is 1.93. The van der Waals surface area contributed by atoms with Crippen LogP contribution in [-0.2, 0) is 35.8 Å². The van der Waals surface area contributed by atoms with E-state index < -0.39 is 12.4 Å². The van der Waals surface area contributed by atoms with Gasteiger partial charge in [-0.1, -0.05) is 40.0 Å². The molecule has 0 fully saturated rings. The Morgan fingerprint density at radius 1 is 0.783 bits per heavy atom. The van der Waals surface area contributed by atoms with Crippen LogP contribution in [0.15, 0.2) is 0 Å². The molecule has 0 radical (unpaired) electrons. The van der Waals surface area contributed by atoms with Gasteiger partial charge in [0.25, 0.3) is 0 Å². The van der Waals surface area contributed by atoms with Crippen molar-refractivity contribution in [3.63, 3.8) is 0 Å². The molecule has 0 bridgehead atoms. The van der Waals surface area contributed by atoms with Crippen LogP contribution in [0.25, 0.3) is 0 Å². The molecule has 0 aliphatic heterocycles. The number of aliphatic hydroxyl groups excluding tert-OH is 3. The standard InChI is InChI=1S/C4H6O3.3C4H10O.Zr/c1-3(5)2-4(6)7;3*1-2-3-4-5;/h2H2,1H3,(H,6,7);3*5H,2-4H2,1H3;/p-1. The van der Waals surface area contributed by atoms with Crippen LogP contribution in [0.4, 0.5) is 0 Å². The zero-order valence-electron chi connectivity index (χ0n) is 15.1. The third-order valence-electron chi connectivity index (χ3n) is 1.93. The van der Waals surface area contributed by atoms with Gasteiger partial charge in [-0.15, -0.1) is 0 Å². The van der Waals surface area contributed by atoms with Crippen molar-refractivity contribution in [1.82, 2.24) is 0 Å². The van der Waals surface area contributed by atoms with Crippen LogP contribution in [-0.4, -0.2) is 46.9 Å². The first-order valence-corrected chi connectivity index (χ1v) is 7.89. The molecule has 0 amide bonds. The predicted octanol–water partition coefficient (Wildman–Crippen LogP) is 1.05. The summed E-state index contributed by atoms with van der Waals surface area (Å²) in [6.45, 7) is 8.39. The van der Waals surface area contributed by atoms with Gasteiger partial charge >= 0.3 is 0 Å². The minimum atomic E-state index is -1.31. The number of carboxylic acids is 1. The summed E-state index contributed by atoms with van der Waals surface area (Å²) >= 11 is 0. The van der Waals surface area contributed by atoms with Gasteiger partial charge in [0, 0.05) is 58.4 Å². The van der Waals surface area contributed by atoms with Crippen LogP contribution in [0.2, 0.25) is 0 Å². The van der Waals surface area contributed by atoms with Gasteiger partial charge in [-0.05, 0) is 26.2 Å². The van der Waals surface area contributed by atoms with Crippen LogP contribution < -0.4 is 5.11 Å². The molecular weight excluding hydrogens is 379 g/mol. The Kier molecular flexibility index (Phi) is 56.4. The summed E-state index contributed by atoms with van der Waals surface area (Å²) in [4.78, 5) is 19.3. The van der Waals surface area contributed by atoms with Gasteiger partial charge in [0.2, 0.25) is 0 Å². The zero-order chi connectivity index (χ0) is 18.2. The fourth-order valence-corrected chi connectivity index (χ4v) is 0.678. The summed E-state index contributed by atoms with van der Waals surface area (Å²) in [5.41, 5.74) is 0. The molecule has 3 N–H and O–H groups in total. The number of ketones is 1. The van der Waals surface area contributed by atoms with Gasteiger partial charge in [0.1, 0.15) is 5.78 Å². The van der Waals surface area contributed by atoms with Gasteiger partial charge in [0.15, 0.2) is 0 Å². The number of carbonyl (C=O) groups is 2. The van der Waals surface area contributed by atoms with Gasteiger partial charge in [-0.3, -0.25) is 4.79 Å². The van der Waals surface area contributed by atoms with Crippen molar-refractivity contribution in [3.05, 3.63) is 0 Å². The first kappa shape index (κ1) is 34.3. The molecule has 0 spiro atoms. The van der Waals surface area contributed by atoms with E-state index in [-0.39, 0.29) is 32.0 Å². The number of carboxylic acid groups (broad SMARTS) is 1. The van der Waals surface area contributed by atoms with Gasteiger partial charge < -0.3 is 25.2 Å². The molecule has 7 heteroatoms. The van der Waals surface area contributed by atoms with Crippen molar-refractivity contribution in [2.75, 3.05) is 19.8 Å². The number of carbonyl (C=O) groups excluding carboxylic acids is 2. The fourth-order valence-electron chi connectivity index (χ4n) is 0.678. The van der Waals surface area contributed by atoms with E-state index in [0.29, 0.717) is 19.8 Å². The topological polar surface area (TPSA) is 118 Å². The van der Waals surface area contributed by atoms with E-state index in [9.17, 15) is 14.7 Å². The molecule has 140 valence electrons. The number of aliphatic carboxylic acids is 1. The monoisotopic (exact) mass is 413 g/mol. The van der Waals surface area contributed by atoms with Gasteiger partial charge in [-0.2, -0.15) is 0 Å². The molecule has 0 rings (SSSR count). The maximum Gasteiger partial charge on any atom is 0.135 e. The minimum Gasteiger partial charge on any atom is -0.550 e. The van der Waals surface area contributed by atoms with Crippen LogP contribution in [0.1, 0.15) is 72.6 Å². The molecule has 0 unspecified atom stereocenters. The number of Topliss-reactive ketones (excluding diaryl/α,β-unsaturated/α-hetero) is 1. The summed E-state index contributed by atoms with van der Waals surface area (Å²) in [5, 5.41) is 33.7. The van der Waals surface area contributed by atoms with E-state index >= 15 is 0 Å². The zero-order valence-corrected chi connectivity index (χ0v) is 17.6. The fraction of sp³-hybridized carbons (Fsp3) is 0.875. The van der Waals surface area contributed by atoms with Crippen LogP contribution in [0.5, 0.6) is 0 Å². The summed E-state index contributed by atoms with van der Waals surface area (Å²) in [6, 6.07) is 0. The Hall–Kier alpha value is -0.0969. The number of rotatable bonds is 8. The first-order chi connectivity index (χ1) is 10.4. The molecule has 0 saturated heterocycles. The maximum atomic E-state index is 9.83. The Morgan fingerprint density at radius 3 is 1.04 bits per heavy atom. The molecule has 0 atom stereocenters. The predicted molar refractivity (Wildman–Crippen MR) is 86.3 cm³/mol. The Morgan fingerprint density at radius 2 is 1.04 bits per heavy atom. The van der Waals surface area contributed by atoms with E-state index in [4.69, 9.17) is 15.3 Å². The van der Waals surface area contributed by atoms with Crippen molar-refractivity contribution in [1.29, 1.82) is 0 Å². The van der Waals surface area contributed by atoms with E-state index in [1.165, 1.54) is 6.92 Å². The quantitative estimate of drug-likeness (QED) is 0.511. The number of unbranched alkanes of at least 4 members (excludes halogenated alkanes) is 3. The number of aliphatic hydroxyl groups is 3. The number of hydrogen-bond acceptors (Lipinski definition) is 6. The van der Waals surface area contributed by atoms with E-state index in [1.54, 1.807) is 0 Å². The maximum absolute atomic E-state index is 9.83. The summed E-state index contributed by atoms with van der Waals surface area (Å²) in [5.74, 6) is -1.69. The van der Waals surface area contributed by atoms with Crippen LogP contribution in [0.3, 0.4) is 0 Å². The second-order valence-electron chi connectivity index (χ2n) is 4.48. The molecular formula is C16H35O6Zr-. The van der Waals surface area contributed by atoms with Crippen LogP contribution >= 0.6 is 0 Å². The molecule has 0 heterocycles. The van der Waals surface area contributed by atoms with Gasteiger partial charge in [0.05, 0.1) is 0 Å². The van der Waals surface area contributed by atoms with E-state index in [0.717, 1.165) is 38.5 Å². The SMILES string of the molecule is CC(=O)CC(=O)[O-].CCCCO.CCCCO.CCCCO.[Zr]. The van der Waals surface area contributed by atoms with Crippen LogP contribution in [0, 0.1) is 0 Å². The normalized spacial score (nSPS) is 7.96. The largest absolute Gasteiger partial charge is 0.550 e. The smallest absolute Gasteiger partial charge is 0.135 e. The van der Waals surface area contributed by atoms with Crippen molar-refractivity contribution >= 4 is 11.8 Å². The molecule has 0 aromatic heterocycles. The average molecular weight is 415 g/mol. The summed E-state index contributed by atoms with van der Waals surface area (Å²) < 4.78 is 0. The average Bonchev–Trinajstić information content (AvgIpc) is 2.42. The van der Waals surface area contributed by atoms with Crippen molar-refractivity contribution in [2.24, 2.45) is 0 Å². The molecule has 0 saturated carbocycles. The Balaban J connectivity index is -0.0000000625.